The summed E-state index contributed by atoms with van der Waals surface area (Å²) in [6.07, 6.45) is 4.27. The molecule has 1 saturated heterocycles. The largest absolute Gasteiger partial charge is 0.347 e. The first-order valence-corrected chi connectivity index (χ1v) is 8.68. The Hall–Kier alpha value is -2.35. The van der Waals surface area contributed by atoms with E-state index in [1.165, 1.54) is 11.8 Å². The Bertz CT molecular complexity index is 799. The molecule has 1 aliphatic heterocycles. The van der Waals surface area contributed by atoms with Crippen LogP contribution in [-0.4, -0.2) is 69.7 Å². The molecule has 0 unspecified atom stereocenters. The van der Waals surface area contributed by atoms with Gasteiger partial charge in [-0.25, -0.2) is 4.98 Å². The second-order valence-electron chi connectivity index (χ2n) is 5.71. The maximum absolute atomic E-state index is 12.6. The highest BCUT2D eigenvalue weighted by atomic mass is 32.2. The Morgan fingerprint density at radius 1 is 1.46 bits per heavy atom. The number of aliphatic imine (C=N–C) groups is 1. The molecule has 0 radical (unpaired) electrons. The van der Waals surface area contributed by atoms with Gasteiger partial charge in [0.1, 0.15) is 5.65 Å². The first-order chi connectivity index (χ1) is 11.6. The number of thioether (sulfide) groups is 1. The monoisotopic (exact) mass is 345 g/mol. The predicted octanol–water partition coefficient (Wildman–Crippen LogP) is 1.59. The molecular formula is C16H19N5O2S. The molecule has 7 nitrogen and oxygen atoms in total. The summed E-state index contributed by atoms with van der Waals surface area (Å²) in [4.78, 5) is 39.4. The quantitative estimate of drug-likeness (QED) is 0.913. The van der Waals surface area contributed by atoms with Crippen molar-refractivity contribution < 1.29 is 9.59 Å². The number of likely N-dealkylation sites (N-methyl/N-ethyl adjacent to an activating group) is 1. The highest BCUT2D eigenvalue weighted by molar-refractivity contribution is 8.13. The molecule has 0 saturated carbocycles. The van der Waals surface area contributed by atoms with Crippen LogP contribution >= 0.6 is 11.8 Å². The molecule has 8 heteroatoms. The van der Waals surface area contributed by atoms with E-state index < -0.39 is 0 Å². The maximum Gasteiger partial charge on any atom is 0.281 e. The lowest BCUT2D eigenvalue weighted by molar-refractivity contribution is -0.129. The molecule has 2 aromatic rings. The first-order valence-electron chi connectivity index (χ1n) is 7.69. The van der Waals surface area contributed by atoms with E-state index in [9.17, 15) is 9.59 Å². The van der Waals surface area contributed by atoms with E-state index in [0.29, 0.717) is 16.4 Å². The van der Waals surface area contributed by atoms with Crippen molar-refractivity contribution in [3.05, 3.63) is 30.1 Å². The second kappa shape index (κ2) is 7.04. The van der Waals surface area contributed by atoms with Crippen LogP contribution in [0.4, 0.5) is 0 Å². The average molecular weight is 345 g/mol. The van der Waals surface area contributed by atoms with Gasteiger partial charge in [0.15, 0.2) is 5.17 Å². The molecule has 3 rings (SSSR count). The zero-order valence-corrected chi connectivity index (χ0v) is 14.5. The van der Waals surface area contributed by atoms with E-state index in [1.54, 1.807) is 37.5 Å². The maximum atomic E-state index is 12.6. The Labute approximate surface area is 144 Å². The highest BCUT2D eigenvalue weighted by Gasteiger charge is 2.22. The topological polar surface area (TPSA) is 81.7 Å². The summed E-state index contributed by atoms with van der Waals surface area (Å²) in [5.41, 5.74) is 1.16. The minimum Gasteiger partial charge on any atom is -0.347 e. The highest BCUT2D eigenvalue weighted by Crippen LogP contribution is 2.21. The summed E-state index contributed by atoms with van der Waals surface area (Å²) in [7, 11) is 3.45. The number of hydrogen-bond acceptors (Lipinski definition) is 4. The molecule has 1 fully saturated rings. The first kappa shape index (κ1) is 16.5. The summed E-state index contributed by atoms with van der Waals surface area (Å²) >= 11 is 1.51. The number of hydrogen-bond donors (Lipinski definition) is 1. The van der Waals surface area contributed by atoms with Crippen molar-refractivity contribution in [2.45, 2.75) is 6.42 Å². The van der Waals surface area contributed by atoms with Crippen molar-refractivity contribution in [3.8, 4) is 0 Å². The number of carbonyl (C=O) groups is 2. The van der Waals surface area contributed by atoms with Gasteiger partial charge in [-0.05, 0) is 18.6 Å². The zero-order chi connectivity index (χ0) is 17.1. The summed E-state index contributed by atoms with van der Waals surface area (Å²) in [6, 6.07) is 3.63. The fraction of sp³-hybridized carbons (Fsp3) is 0.375. The van der Waals surface area contributed by atoms with Crippen molar-refractivity contribution in [1.29, 1.82) is 0 Å². The van der Waals surface area contributed by atoms with E-state index >= 15 is 0 Å². The molecule has 3 heterocycles. The number of rotatable bonds is 3. The van der Waals surface area contributed by atoms with Crippen LogP contribution in [0.1, 0.15) is 16.8 Å². The molecule has 2 aromatic heterocycles. The van der Waals surface area contributed by atoms with Gasteiger partial charge in [0.25, 0.3) is 5.91 Å². The lowest BCUT2D eigenvalue weighted by Gasteiger charge is -2.29. The number of nitrogens with one attached hydrogen (secondary N) is 1. The lowest BCUT2D eigenvalue weighted by Crippen LogP contribution is -2.42. The third-order valence-corrected chi connectivity index (χ3v) is 4.88. The van der Waals surface area contributed by atoms with Crippen molar-refractivity contribution in [2.24, 2.45) is 4.99 Å². The van der Waals surface area contributed by atoms with Crippen molar-refractivity contribution in [1.82, 2.24) is 19.8 Å². The molecule has 1 N–H and O–H groups in total. The normalized spacial score (nSPS) is 16.6. The summed E-state index contributed by atoms with van der Waals surface area (Å²) in [5.74, 6) is 0.573. The van der Waals surface area contributed by atoms with Gasteiger partial charge in [-0.3, -0.25) is 9.59 Å². The molecule has 24 heavy (non-hydrogen) atoms. The van der Waals surface area contributed by atoms with Gasteiger partial charge in [-0.15, -0.1) is 0 Å². The van der Waals surface area contributed by atoms with Crippen LogP contribution in [0.5, 0.6) is 0 Å². The summed E-state index contributed by atoms with van der Waals surface area (Å²) < 4.78 is 0. The third kappa shape index (κ3) is 3.43. The average Bonchev–Trinajstić information content (AvgIpc) is 3.00. The number of aromatic amines is 1. The van der Waals surface area contributed by atoms with E-state index in [2.05, 4.69) is 15.0 Å². The number of amidine groups is 1. The number of aromatic nitrogens is 2. The van der Waals surface area contributed by atoms with Crippen molar-refractivity contribution in [2.75, 3.05) is 32.9 Å². The fourth-order valence-corrected chi connectivity index (χ4v) is 3.38. The molecule has 0 aliphatic carbocycles. The number of amides is 2. The van der Waals surface area contributed by atoms with E-state index in [4.69, 9.17) is 0 Å². The number of H-pyrrole nitrogens is 1. The molecule has 126 valence electrons. The van der Waals surface area contributed by atoms with Gasteiger partial charge in [0.05, 0.1) is 12.1 Å². The van der Waals surface area contributed by atoms with Gasteiger partial charge in [0.2, 0.25) is 5.91 Å². The van der Waals surface area contributed by atoms with E-state index in [1.807, 2.05) is 11.0 Å². The zero-order valence-electron chi connectivity index (χ0n) is 13.7. The van der Waals surface area contributed by atoms with E-state index in [-0.39, 0.29) is 18.4 Å². The van der Waals surface area contributed by atoms with Crippen LogP contribution in [0, 0.1) is 0 Å². The molecule has 1 aliphatic rings. The van der Waals surface area contributed by atoms with E-state index in [0.717, 1.165) is 24.1 Å². The molecule has 0 aromatic carbocycles. The minimum atomic E-state index is -0.319. The molecule has 2 amide bonds. The third-order valence-electron chi connectivity index (χ3n) is 3.78. The van der Waals surface area contributed by atoms with Gasteiger partial charge in [-0.2, -0.15) is 4.99 Å². The summed E-state index contributed by atoms with van der Waals surface area (Å²) in [6.45, 7) is 0.968. The van der Waals surface area contributed by atoms with Crippen LogP contribution < -0.4 is 0 Å². The van der Waals surface area contributed by atoms with Crippen molar-refractivity contribution in [3.63, 3.8) is 0 Å². The van der Waals surface area contributed by atoms with Gasteiger partial charge >= 0.3 is 0 Å². The van der Waals surface area contributed by atoms with Crippen LogP contribution in [0.2, 0.25) is 0 Å². The Morgan fingerprint density at radius 3 is 3.08 bits per heavy atom. The smallest absolute Gasteiger partial charge is 0.281 e. The SMILES string of the molecule is CN(C)C(=O)CN1CCCSC1=NC(=O)c1c[nH]c2ncccc12. The lowest BCUT2D eigenvalue weighted by atomic mass is 10.2. The second-order valence-corrected chi connectivity index (χ2v) is 6.78. The van der Waals surface area contributed by atoms with Crippen molar-refractivity contribution >= 4 is 39.8 Å². The molecule has 0 atom stereocenters. The number of pyridine rings is 1. The van der Waals surface area contributed by atoms with Crippen LogP contribution in [0.3, 0.4) is 0 Å². The van der Waals surface area contributed by atoms with Crippen LogP contribution in [0.25, 0.3) is 11.0 Å². The summed E-state index contributed by atoms with van der Waals surface area (Å²) in [5, 5.41) is 1.36. The van der Waals surface area contributed by atoms with Crippen LogP contribution in [-0.2, 0) is 4.79 Å². The Morgan fingerprint density at radius 2 is 2.29 bits per heavy atom. The predicted molar refractivity (Wildman–Crippen MR) is 95.2 cm³/mol. The van der Waals surface area contributed by atoms with Gasteiger partial charge in [-0.1, -0.05) is 11.8 Å². The van der Waals surface area contributed by atoms with Crippen LogP contribution in [0.15, 0.2) is 29.5 Å². The number of fused-ring (bicyclic) bond motifs is 1. The van der Waals surface area contributed by atoms with Gasteiger partial charge in [0, 0.05) is 44.2 Å². The minimum absolute atomic E-state index is 0.00561. The molecule has 0 bridgehead atoms. The molecule has 0 spiro atoms. The Kier molecular flexibility index (Phi) is 4.84. The number of carbonyl (C=O) groups excluding carboxylic acids is 2. The molecular weight excluding hydrogens is 326 g/mol. The number of nitrogens with zero attached hydrogens (tertiary/aromatic N) is 4. The standard InChI is InChI=1S/C16H19N5O2S/c1-20(2)13(22)10-21-7-4-8-24-16(21)19-15(23)12-9-18-14-11(12)5-3-6-17-14/h3,5-6,9H,4,7-8,10H2,1-2H3,(H,17,18). The van der Waals surface area contributed by atoms with Gasteiger partial charge < -0.3 is 14.8 Å². The fourth-order valence-electron chi connectivity index (χ4n) is 2.44. The Balaban J connectivity index is 1.84.